The monoisotopic (exact) mass is 287 g/mol. The van der Waals surface area contributed by atoms with E-state index < -0.39 is 0 Å². The van der Waals surface area contributed by atoms with Gasteiger partial charge < -0.3 is 5.32 Å². The lowest BCUT2D eigenvalue weighted by Gasteiger charge is -2.15. The molecule has 3 nitrogen and oxygen atoms in total. The van der Waals surface area contributed by atoms with E-state index in [9.17, 15) is 0 Å². The third kappa shape index (κ3) is 2.50. The van der Waals surface area contributed by atoms with Gasteiger partial charge in [-0.15, -0.1) is 0 Å². The summed E-state index contributed by atoms with van der Waals surface area (Å²) in [5.74, 6) is 1.08. The van der Waals surface area contributed by atoms with Gasteiger partial charge in [0, 0.05) is 11.3 Å². The Morgan fingerprint density at radius 2 is 1.95 bits per heavy atom. The molecule has 0 radical (unpaired) electrons. The van der Waals surface area contributed by atoms with Crippen molar-refractivity contribution in [1.29, 1.82) is 0 Å². The Balaban J connectivity index is 1.93. The van der Waals surface area contributed by atoms with E-state index in [1.807, 2.05) is 0 Å². The fraction of sp³-hybridized carbons (Fsp3) is 0.375. The zero-order valence-electron chi connectivity index (χ0n) is 11.8. The molecule has 0 saturated carbocycles. The number of aromatic nitrogens is 2. The van der Waals surface area contributed by atoms with Crippen molar-refractivity contribution in [2.45, 2.75) is 39.0 Å². The van der Waals surface area contributed by atoms with Crippen LogP contribution in [-0.2, 0) is 12.8 Å². The molecule has 0 fully saturated rings. The average Bonchev–Trinajstić information content (AvgIpc) is 2.85. The van der Waals surface area contributed by atoms with Crippen LogP contribution in [0.1, 0.15) is 42.9 Å². The lowest BCUT2D eigenvalue weighted by Crippen LogP contribution is -2.03. The molecule has 4 heteroatoms. The van der Waals surface area contributed by atoms with Crippen molar-refractivity contribution in [3.63, 3.8) is 0 Å². The summed E-state index contributed by atoms with van der Waals surface area (Å²) in [5, 5.41) is 3.92. The molecule has 1 aromatic carbocycles. The summed E-state index contributed by atoms with van der Waals surface area (Å²) < 4.78 is 0. The summed E-state index contributed by atoms with van der Waals surface area (Å²) in [6, 6.07) is 6.55. The first-order valence-electron chi connectivity index (χ1n) is 7.04. The molecule has 1 heterocycles. The molecule has 3 rings (SSSR count). The van der Waals surface area contributed by atoms with Gasteiger partial charge in [0.05, 0.1) is 0 Å². The number of aryl methyl sites for hydroxylation is 2. The third-order valence-electron chi connectivity index (χ3n) is 3.77. The maximum absolute atomic E-state index is 6.19. The first-order valence-corrected chi connectivity index (χ1v) is 7.42. The van der Waals surface area contributed by atoms with Crippen LogP contribution in [0.2, 0.25) is 5.15 Å². The Kier molecular flexibility index (Phi) is 3.62. The summed E-state index contributed by atoms with van der Waals surface area (Å²) in [6.45, 7) is 4.19. The van der Waals surface area contributed by atoms with E-state index in [0.29, 0.717) is 5.15 Å². The largest absolute Gasteiger partial charge is 0.340 e. The number of nitrogens with zero attached hydrogens (tertiary/aromatic N) is 2. The molecule has 2 aromatic rings. The quantitative estimate of drug-likeness (QED) is 0.846. The minimum atomic E-state index is 0.278. The van der Waals surface area contributed by atoms with Gasteiger partial charge in [0.25, 0.3) is 0 Å². The molecule has 0 unspecified atom stereocenters. The molecular formula is C16H18ClN3. The van der Waals surface area contributed by atoms with E-state index in [1.54, 1.807) is 0 Å². The molecule has 1 N–H and O–H groups in total. The molecule has 0 atom stereocenters. The molecule has 0 bridgehead atoms. The van der Waals surface area contributed by atoms with Crippen molar-refractivity contribution < 1.29 is 0 Å². The Labute approximate surface area is 124 Å². The highest BCUT2D eigenvalue weighted by atomic mass is 35.5. The highest BCUT2D eigenvalue weighted by Gasteiger charge is 2.15. The summed E-state index contributed by atoms with van der Waals surface area (Å²) in [7, 11) is 0. The third-order valence-corrected chi connectivity index (χ3v) is 4.08. The molecule has 0 saturated heterocycles. The van der Waals surface area contributed by atoms with Crippen LogP contribution in [0.4, 0.5) is 11.5 Å². The summed E-state index contributed by atoms with van der Waals surface area (Å²) in [4.78, 5) is 8.42. The second kappa shape index (κ2) is 5.41. The fourth-order valence-electron chi connectivity index (χ4n) is 2.77. The van der Waals surface area contributed by atoms with Gasteiger partial charge in [-0.2, -0.15) is 0 Å². The zero-order chi connectivity index (χ0) is 14.1. The first-order chi connectivity index (χ1) is 9.65. The minimum absolute atomic E-state index is 0.278. The van der Waals surface area contributed by atoms with Crippen molar-refractivity contribution in [2.75, 3.05) is 5.32 Å². The van der Waals surface area contributed by atoms with Crippen LogP contribution in [0.15, 0.2) is 24.5 Å². The fourth-order valence-corrected chi connectivity index (χ4v) is 3.12. The highest BCUT2D eigenvalue weighted by Crippen LogP contribution is 2.31. The van der Waals surface area contributed by atoms with Crippen LogP contribution >= 0.6 is 11.6 Å². The molecule has 1 aromatic heterocycles. The van der Waals surface area contributed by atoms with Gasteiger partial charge in [0.1, 0.15) is 17.3 Å². The van der Waals surface area contributed by atoms with Crippen molar-refractivity contribution in [2.24, 2.45) is 0 Å². The first kappa shape index (κ1) is 13.4. The van der Waals surface area contributed by atoms with Crippen LogP contribution < -0.4 is 5.32 Å². The van der Waals surface area contributed by atoms with Gasteiger partial charge in [0.15, 0.2) is 0 Å². The Morgan fingerprint density at radius 1 is 1.15 bits per heavy atom. The van der Waals surface area contributed by atoms with Crippen molar-refractivity contribution >= 4 is 23.1 Å². The van der Waals surface area contributed by atoms with E-state index in [1.165, 1.54) is 36.7 Å². The minimum Gasteiger partial charge on any atom is -0.340 e. The maximum atomic E-state index is 6.19. The second-order valence-electron chi connectivity index (χ2n) is 5.54. The molecule has 20 heavy (non-hydrogen) atoms. The molecular weight excluding hydrogens is 270 g/mol. The smallest absolute Gasteiger partial charge is 0.138 e. The normalized spacial score (nSPS) is 13.6. The van der Waals surface area contributed by atoms with Crippen LogP contribution in [0.25, 0.3) is 0 Å². The van der Waals surface area contributed by atoms with E-state index in [0.717, 1.165) is 17.1 Å². The lowest BCUT2D eigenvalue weighted by molar-refractivity contribution is 0.850. The summed E-state index contributed by atoms with van der Waals surface area (Å²) in [5.41, 5.74) is 4.96. The number of hydrogen-bond donors (Lipinski definition) is 1. The van der Waals surface area contributed by atoms with Crippen LogP contribution in [0.5, 0.6) is 0 Å². The Morgan fingerprint density at radius 3 is 2.75 bits per heavy atom. The van der Waals surface area contributed by atoms with Crippen LogP contribution in [0.3, 0.4) is 0 Å². The van der Waals surface area contributed by atoms with Gasteiger partial charge in [-0.3, -0.25) is 0 Å². The van der Waals surface area contributed by atoms with Gasteiger partial charge >= 0.3 is 0 Å². The van der Waals surface area contributed by atoms with E-state index in [4.69, 9.17) is 11.6 Å². The van der Waals surface area contributed by atoms with E-state index in [2.05, 4.69) is 47.3 Å². The predicted molar refractivity (Wildman–Crippen MR) is 82.9 cm³/mol. The average molecular weight is 288 g/mol. The Bertz CT molecular complexity index is 638. The standard InChI is InChI=1S/C16H18ClN3/c1-10(2)14-15(17)18-9-19-16(14)20-13-7-6-11-4-3-5-12(11)8-13/h6-10H,3-5H2,1-2H3,(H,18,19,20). The number of rotatable bonds is 3. The van der Waals surface area contributed by atoms with Gasteiger partial charge in [0.2, 0.25) is 0 Å². The topological polar surface area (TPSA) is 37.8 Å². The number of anilines is 2. The molecule has 1 aliphatic rings. The van der Waals surface area contributed by atoms with Gasteiger partial charge in [-0.25, -0.2) is 9.97 Å². The number of nitrogens with one attached hydrogen (secondary N) is 1. The van der Waals surface area contributed by atoms with Crippen molar-refractivity contribution in [1.82, 2.24) is 9.97 Å². The van der Waals surface area contributed by atoms with E-state index in [-0.39, 0.29) is 5.92 Å². The van der Waals surface area contributed by atoms with Crippen LogP contribution in [-0.4, -0.2) is 9.97 Å². The summed E-state index contributed by atoms with van der Waals surface area (Å²) >= 11 is 6.19. The molecule has 0 spiro atoms. The molecule has 104 valence electrons. The van der Waals surface area contributed by atoms with Gasteiger partial charge in [-0.1, -0.05) is 31.5 Å². The zero-order valence-corrected chi connectivity index (χ0v) is 12.5. The summed E-state index contributed by atoms with van der Waals surface area (Å²) in [6.07, 6.45) is 5.14. The van der Waals surface area contributed by atoms with Crippen molar-refractivity contribution in [3.05, 3.63) is 46.4 Å². The number of benzene rings is 1. The van der Waals surface area contributed by atoms with Crippen molar-refractivity contribution in [3.8, 4) is 0 Å². The number of halogens is 1. The highest BCUT2D eigenvalue weighted by molar-refractivity contribution is 6.30. The predicted octanol–water partition coefficient (Wildman–Crippen LogP) is 4.49. The molecule has 0 aliphatic heterocycles. The lowest BCUT2D eigenvalue weighted by atomic mass is 10.1. The number of fused-ring (bicyclic) bond motifs is 1. The van der Waals surface area contributed by atoms with Gasteiger partial charge in [-0.05, 0) is 48.4 Å². The number of hydrogen-bond acceptors (Lipinski definition) is 3. The van der Waals surface area contributed by atoms with E-state index >= 15 is 0 Å². The molecule has 1 aliphatic carbocycles. The Hall–Kier alpha value is -1.61. The van der Waals surface area contributed by atoms with Crippen LogP contribution in [0, 0.1) is 0 Å². The molecule has 0 amide bonds. The SMILES string of the molecule is CC(C)c1c(Cl)ncnc1Nc1ccc2c(c1)CCC2. The second-order valence-corrected chi connectivity index (χ2v) is 5.90. The maximum Gasteiger partial charge on any atom is 0.138 e.